The lowest BCUT2D eigenvalue weighted by atomic mass is 9.76. The number of nitrogens with zero attached hydrogens (tertiary/aromatic N) is 1. The van der Waals surface area contributed by atoms with Crippen molar-refractivity contribution in [3.05, 3.63) is 33.3 Å². The molecule has 5 heteroatoms. The normalized spacial score (nSPS) is 18.9. The summed E-state index contributed by atoms with van der Waals surface area (Å²) >= 11 is 9.42. The van der Waals surface area contributed by atoms with Crippen LogP contribution < -0.4 is 0 Å². The molecule has 1 aromatic rings. The highest BCUT2D eigenvalue weighted by atomic mass is 79.9. The summed E-state index contributed by atoms with van der Waals surface area (Å²) in [7, 11) is 0. The zero-order chi connectivity index (χ0) is 14.8. The van der Waals surface area contributed by atoms with Gasteiger partial charge in [-0.1, -0.05) is 24.6 Å². The Labute approximate surface area is 133 Å². The maximum Gasteiger partial charge on any atom is 0.309 e. The van der Waals surface area contributed by atoms with Crippen molar-refractivity contribution in [3.63, 3.8) is 0 Å². The van der Waals surface area contributed by atoms with E-state index in [0.29, 0.717) is 11.4 Å². The van der Waals surface area contributed by atoms with Crippen molar-refractivity contribution in [3.8, 4) is 0 Å². The van der Waals surface area contributed by atoms with Crippen molar-refractivity contribution in [2.24, 2.45) is 5.41 Å². The molecule has 0 bridgehead atoms. The number of halogens is 2. The van der Waals surface area contributed by atoms with E-state index >= 15 is 0 Å². The number of benzene rings is 1. The lowest BCUT2D eigenvalue weighted by Gasteiger charge is -2.38. The molecule has 1 aromatic carbocycles. The van der Waals surface area contributed by atoms with Crippen LogP contribution >= 0.6 is 27.5 Å². The van der Waals surface area contributed by atoms with E-state index in [0.717, 1.165) is 36.9 Å². The molecular formula is C15H19BrClNO2. The molecule has 0 aromatic heterocycles. The molecule has 0 aliphatic carbocycles. The Morgan fingerprint density at radius 3 is 2.60 bits per heavy atom. The molecule has 1 saturated heterocycles. The van der Waals surface area contributed by atoms with Gasteiger partial charge in [-0.2, -0.15) is 0 Å². The third-order valence-electron chi connectivity index (χ3n) is 4.33. The molecule has 20 heavy (non-hydrogen) atoms. The van der Waals surface area contributed by atoms with Crippen molar-refractivity contribution in [1.82, 2.24) is 4.90 Å². The number of rotatable bonds is 4. The Morgan fingerprint density at radius 2 is 2.10 bits per heavy atom. The summed E-state index contributed by atoms with van der Waals surface area (Å²) < 4.78 is 0.905. The Hall–Kier alpha value is -0.580. The first kappa shape index (κ1) is 15.8. The molecule has 2 rings (SSSR count). The number of carboxylic acids is 1. The van der Waals surface area contributed by atoms with Gasteiger partial charge in [-0.3, -0.25) is 9.69 Å². The molecule has 0 amide bonds. The van der Waals surface area contributed by atoms with Gasteiger partial charge >= 0.3 is 5.97 Å². The Morgan fingerprint density at radius 1 is 1.45 bits per heavy atom. The fraction of sp³-hybridized carbons (Fsp3) is 0.533. The lowest BCUT2D eigenvalue weighted by molar-refractivity contribution is -0.152. The van der Waals surface area contributed by atoms with Gasteiger partial charge in [-0.05, 0) is 66.0 Å². The molecule has 1 N–H and O–H groups in total. The van der Waals surface area contributed by atoms with E-state index in [1.165, 1.54) is 5.56 Å². The number of aliphatic carboxylic acids is 1. The van der Waals surface area contributed by atoms with Gasteiger partial charge in [-0.15, -0.1) is 0 Å². The van der Waals surface area contributed by atoms with Crippen LogP contribution in [0.3, 0.4) is 0 Å². The zero-order valence-electron chi connectivity index (χ0n) is 11.5. The van der Waals surface area contributed by atoms with Crippen LogP contribution in [0.15, 0.2) is 22.7 Å². The topological polar surface area (TPSA) is 40.5 Å². The van der Waals surface area contributed by atoms with Gasteiger partial charge in [-0.25, -0.2) is 0 Å². The summed E-state index contributed by atoms with van der Waals surface area (Å²) in [5.74, 6) is -0.645. The molecule has 1 heterocycles. The molecule has 0 spiro atoms. The first-order valence-corrected chi connectivity index (χ1v) is 8.03. The second kappa shape index (κ2) is 6.46. The Balaban J connectivity index is 1.97. The minimum Gasteiger partial charge on any atom is -0.481 e. The predicted molar refractivity (Wildman–Crippen MR) is 84.0 cm³/mol. The first-order valence-electron chi connectivity index (χ1n) is 6.86. The maximum atomic E-state index is 11.4. The minimum atomic E-state index is -0.645. The van der Waals surface area contributed by atoms with Gasteiger partial charge in [0.2, 0.25) is 0 Å². The van der Waals surface area contributed by atoms with Gasteiger partial charge in [0.25, 0.3) is 0 Å². The Bertz CT molecular complexity index is 499. The van der Waals surface area contributed by atoms with E-state index in [-0.39, 0.29) is 0 Å². The van der Waals surface area contributed by atoms with E-state index in [4.69, 9.17) is 11.6 Å². The first-order chi connectivity index (χ1) is 9.47. The summed E-state index contributed by atoms with van der Waals surface area (Å²) in [4.78, 5) is 13.7. The molecule has 0 saturated carbocycles. The highest BCUT2D eigenvalue weighted by Crippen LogP contribution is 2.35. The van der Waals surface area contributed by atoms with Crippen molar-refractivity contribution in [2.75, 3.05) is 13.1 Å². The summed E-state index contributed by atoms with van der Waals surface area (Å²) in [6.45, 7) is 4.48. The Kier molecular flexibility index (Phi) is 5.10. The number of piperidine rings is 1. The average Bonchev–Trinajstić information content (AvgIpc) is 2.44. The SMILES string of the molecule is CCC1(C(=O)O)CCN(Cc2ccc(Cl)c(Br)c2)CC1. The average molecular weight is 361 g/mol. The number of hydrogen-bond acceptors (Lipinski definition) is 2. The second-order valence-corrected chi connectivity index (χ2v) is 6.73. The summed E-state index contributed by atoms with van der Waals surface area (Å²) in [6, 6.07) is 5.94. The van der Waals surface area contributed by atoms with Crippen LogP contribution in [0.4, 0.5) is 0 Å². The van der Waals surface area contributed by atoms with Gasteiger partial charge < -0.3 is 5.11 Å². The monoisotopic (exact) mass is 359 g/mol. The third-order valence-corrected chi connectivity index (χ3v) is 5.55. The zero-order valence-corrected chi connectivity index (χ0v) is 13.9. The van der Waals surface area contributed by atoms with Crippen molar-refractivity contribution < 1.29 is 9.90 Å². The predicted octanol–water partition coefficient (Wildman–Crippen LogP) is 4.18. The standard InChI is InChI=1S/C15H19BrClNO2/c1-2-15(14(19)20)5-7-18(8-6-15)10-11-3-4-13(17)12(16)9-11/h3-4,9H,2,5-8,10H2,1H3,(H,19,20). The summed E-state index contributed by atoms with van der Waals surface area (Å²) in [5.41, 5.74) is 0.678. The van der Waals surface area contributed by atoms with Crippen LogP contribution in [0.1, 0.15) is 31.7 Å². The van der Waals surface area contributed by atoms with Crippen LogP contribution in [-0.4, -0.2) is 29.1 Å². The fourth-order valence-corrected chi connectivity index (χ4v) is 3.30. The van der Waals surface area contributed by atoms with E-state index < -0.39 is 11.4 Å². The van der Waals surface area contributed by atoms with Crippen molar-refractivity contribution in [2.45, 2.75) is 32.7 Å². The molecular weight excluding hydrogens is 342 g/mol. The quantitative estimate of drug-likeness (QED) is 0.875. The molecule has 0 unspecified atom stereocenters. The molecule has 1 aliphatic rings. The van der Waals surface area contributed by atoms with Crippen molar-refractivity contribution in [1.29, 1.82) is 0 Å². The summed E-state index contributed by atoms with van der Waals surface area (Å²) in [5, 5.41) is 10.1. The molecule has 1 aliphatic heterocycles. The van der Waals surface area contributed by atoms with E-state index in [1.807, 2.05) is 25.1 Å². The molecule has 0 radical (unpaired) electrons. The van der Waals surface area contributed by atoms with Crippen LogP contribution in [0.5, 0.6) is 0 Å². The van der Waals surface area contributed by atoms with E-state index in [1.54, 1.807) is 0 Å². The highest BCUT2D eigenvalue weighted by Gasteiger charge is 2.39. The summed E-state index contributed by atoms with van der Waals surface area (Å²) in [6.07, 6.45) is 2.17. The lowest BCUT2D eigenvalue weighted by Crippen LogP contribution is -2.43. The van der Waals surface area contributed by atoms with Crippen molar-refractivity contribution >= 4 is 33.5 Å². The molecule has 1 fully saturated rings. The number of hydrogen-bond donors (Lipinski definition) is 1. The van der Waals surface area contributed by atoms with Gasteiger partial charge in [0.1, 0.15) is 0 Å². The van der Waals surface area contributed by atoms with Gasteiger partial charge in [0.15, 0.2) is 0 Å². The van der Waals surface area contributed by atoms with Crippen LogP contribution in [0.25, 0.3) is 0 Å². The molecule has 3 nitrogen and oxygen atoms in total. The van der Waals surface area contributed by atoms with Gasteiger partial charge in [0.05, 0.1) is 10.4 Å². The van der Waals surface area contributed by atoms with Gasteiger partial charge in [0, 0.05) is 11.0 Å². The minimum absolute atomic E-state index is 0.517. The fourth-order valence-electron chi connectivity index (χ4n) is 2.75. The highest BCUT2D eigenvalue weighted by molar-refractivity contribution is 9.10. The van der Waals surface area contributed by atoms with Crippen LogP contribution in [-0.2, 0) is 11.3 Å². The third kappa shape index (κ3) is 3.35. The number of carbonyl (C=O) groups is 1. The second-order valence-electron chi connectivity index (χ2n) is 5.46. The van der Waals surface area contributed by atoms with Crippen LogP contribution in [0.2, 0.25) is 5.02 Å². The van der Waals surface area contributed by atoms with Crippen LogP contribution in [0, 0.1) is 5.41 Å². The smallest absolute Gasteiger partial charge is 0.309 e. The molecule has 0 atom stereocenters. The number of likely N-dealkylation sites (tertiary alicyclic amines) is 1. The maximum absolute atomic E-state index is 11.4. The van der Waals surface area contributed by atoms with E-state index in [2.05, 4.69) is 20.8 Å². The van der Waals surface area contributed by atoms with E-state index in [9.17, 15) is 9.90 Å². The number of carboxylic acid groups (broad SMARTS) is 1. The molecule has 110 valence electrons. The largest absolute Gasteiger partial charge is 0.481 e.